The highest BCUT2D eigenvalue weighted by molar-refractivity contribution is 5.81. The van der Waals surface area contributed by atoms with Crippen molar-refractivity contribution in [1.82, 2.24) is 4.73 Å². The van der Waals surface area contributed by atoms with Crippen LogP contribution in [0.25, 0.3) is 10.9 Å². The van der Waals surface area contributed by atoms with Crippen LogP contribution in [-0.2, 0) is 6.42 Å². The molecule has 2 heteroatoms. The fourth-order valence-electron chi connectivity index (χ4n) is 2.33. The molecule has 0 aliphatic rings. The van der Waals surface area contributed by atoms with Gasteiger partial charge in [-0.15, -0.1) is 0 Å². The summed E-state index contributed by atoms with van der Waals surface area (Å²) >= 11 is 0. The lowest BCUT2D eigenvalue weighted by Crippen LogP contribution is -2.09. The van der Waals surface area contributed by atoms with E-state index >= 15 is 0 Å². The molecular weight excluding hydrogens is 222 g/mol. The van der Waals surface area contributed by atoms with E-state index in [1.807, 2.05) is 16.9 Å². The van der Waals surface area contributed by atoms with Crippen LogP contribution in [0.1, 0.15) is 11.3 Å². The lowest BCUT2D eigenvalue weighted by molar-refractivity contribution is 0.172. The predicted molar refractivity (Wildman–Crippen MR) is 73.7 cm³/mol. The second kappa shape index (κ2) is 4.57. The maximum Gasteiger partial charge on any atom is 0.104 e. The van der Waals surface area contributed by atoms with E-state index in [0.717, 1.165) is 11.9 Å². The summed E-state index contributed by atoms with van der Waals surface area (Å²) in [6, 6.07) is 20.9. The highest BCUT2D eigenvalue weighted by Crippen LogP contribution is 2.20. The molecule has 0 aliphatic carbocycles. The van der Waals surface area contributed by atoms with E-state index in [2.05, 4.69) is 48.5 Å². The van der Waals surface area contributed by atoms with Crippen LogP contribution in [0.2, 0.25) is 0 Å². The lowest BCUT2D eigenvalue weighted by Gasteiger charge is -2.08. The first-order valence-electron chi connectivity index (χ1n) is 6.06. The molecule has 0 bridgehead atoms. The molecule has 0 unspecified atom stereocenters. The van der Waals surface area contributed by atoms with Crippen LogP contribution in [0, 0.1) is 0 Å². The third kappa shape index (κ3) is 1.86. The van der Waals surface area contributed by atoms with E-state index in [-0.39, 0.29) is 0 Å². The Hall–Kier alpha value is -2.22. The molecule has 0 saturated heterocycles. The van der Waals surface area contributed by atoms with Gasteiger partial charge in [0.2, 0.25) is 0 Å². The van der Waals surface area contributed by atoms with Crippen molar-refractivity contribution in [2.24, 2.45) is 0 Å². The van der Waals surface area contributed by atoms with E-state index < -0.39 is 0 Å². The molecule has 0 saturated carbocycles. The van der Waals surface area contributed by atoms with Gasteiger partial charge >= 0.3 is 0 Å². The van der Waals surface area contributed by atoms with Crippen LogP contribution in [0.4, 0.5) is 0 Å². The average molecular weight is 237 g/mol. The van der Waals surface area contributed by atoms with Crippen molar-refractivity contribution < 1.29 is 4.84 Å². The van der Waals surface area contributed by atoms with Gasteiger partial charge in [-0.3, -0.25) is 0 Å². The molecule has 0 radical (unpaired) electrons. The Morgan fingerprint density at radius 1 is 0.944 bits per heavy atom. The second-order valence-corrected chi connectivity index (χ2v) is 4.33. The number of hydrogen-bond donors (Lipinski definition) is 0. The minimum Gasteiger partial charge on any atom is -0.417 e. The molecule has 2 aromatic carbocycles. The molecule has 2 nitrogen and oxygen atoms in total. The fourth-order valence-corrected chi connectivity index (χ4v) is 2.33. The number of benzene rings is 2. The van der Waals surface area contributed by atoms with Crippen LogP contribution < -0.4 is 4.84 Å². The van der Waals surface area contributed by atoms with Crippen LogP contribution in [0.15, 0.2) is 60.7 Å². The Kier molecular flexibility index (Phi) is 2.77. The second-order valence-electron chi connectivity index (χ2n) is 4.33. The first-order valence-corrected chi connectivity index (χ1v) is 6.06. The molecule has 0 aliphatic heterocycles. The molecule has 1 aromatic heterocycles. The SMILES string of the molecule is COn1c(Cc2ccccc2)cc2ccccc21. The molecule has 3 rings (SSSR count). The van der Waals surface area contributed by atoms with Gasteiger partial charge in [0, 0.05) is 11.8 Å². The van der Waals surface area contributed by atoms with Gasteiger partial charge in [0.25, 0.3) is 0 Å². The van der Waals surface area contributed by atoms with Crippen molar-refractivity contribution in [3.63, 3.8) is 0 Å². The van der Waals surface area contributed by atoms with E-state index in [9.17, 15) is 0 Å². The third-order valence-corrected chi connectivity index (χ3v) is 3.15. The van der Waals surface area contributed by atoms with Crippen molar-refractivity contribution in [3.05, 3.63) is 71.9 Å². The zero-order valence-electron chi connectivity index (χ0n) is 10.3. The highest BCUT2D eigenvalue weighted by atomic mass is 16.6. The fraction of sp³-hybridized carbons (Fsp3) is 0.125. The summed E-state index contributed by atoms with van der Waals surface area (Å²) in [6.07, 6.45) is 0.878. The summed E-state index contributed by atoms with van der Waals surface area (Å²) < 4.78 is 1.91. The molecule has 0 fully saturated rings. The van der Waals surface area contributed by atoms with Gasteiger partial charge in [-0.05, 0) is 17.7 Å². The minimum atomic E-state index is 0.878. The van der Waals surface area contributed by atoms with Gasteiger partial charge in [0.1, 0.15) is 7.11 Å². The Balaban J connectivity index is 2.06. The maximum absolute atomic E-state index is 5.49. The third-order valence-electron chi connectivity index (χ3n) is 3.15. The lowest BCUT2D eigenvalue weighted by atomic mass is 10.1. The molecular formula is C16H15NO. The first-order chi connectivity index (χ1) is 8.88. The Morgan fingerprint density at radius 2 is 1.67 bits per heavy atom. The normalized spacial score (nSPS) is 10.7. The summed E-state index contributed by atoms with van der Waals surface area (Å²) in [6.45, 7) is 0. The number of para-hydroxylation sites is 1. The molecule has 0 N–H and O–H groups in total. The van der Waals surface area contributed by atoms with Crippen LogP contribution in [-0.4, -0.2) is 11.8 Å². The van der Waals surface area contributed by atoms with Crippen molar-refractivity contribution in [1.29, 1.82) is 0 Å². The molecule has 0 atom stereocenters. The van der Waals surface area contributed by atoms with Gasteiger partial charge in [-0.1, -0.05) is 48.5 Å². The van der Waals surface area contributed by atoms with E-state index in [4.69, 9.17) is 4.84 Å². The number of aromatic nitrogens is 1. The van der Waals surface area contributed by atoms with Crippen molar-refractivity contribution in [2.45, 2.75) is 6.42 Å². The minimum absolute atomic E-state index is 0.878. The molecule has 18 heavy (non-hydrogen) atoms. The number of fused-ring (bicyclic) bond motifs is 1. The van der Waals surface area contributed by atoms with Crippen molar-refractivity contribution in [3.8, 4) is 0 Å². The van der Waals surface area contributed by atoms with Gasteiger partial charge in [-0.25, -0.2) is 0 Å². The number of nitrogens with zero attached hydrogens (tertiary/aromatic N) is 1. The standard InChI is InChI=1S/C16H15NO/c1-18-17-15(11-13-7-3-2-4-8-13)12-14-9-5-6-10-16(14)17/h2-10,12H,11H2,1H3. The molecule has 90 valence electrons. The topological polar surface area (TPSA) is 14.2 Å². The zero-order chi connectivity index (χ0) is 12.4. The highest BCUT2D eigenvalue weighted by Gasteiger charge is 2.08. The van der Waals surface area contributed by atoms with E-state index in [0.29, 0.717) is 0 Å². The van der Waals surface area contributed by atoms with Crippen LogP contribution in [0.5, 0.6) is 0 Å². The average Bonchev–Trinajstić information content (AvgIpc) is 2.77. The zero-order valence-corrected chi connectivity index (χ0v) is 10.3. The van der Waals surface area contributed by atoms with Gasteiger partial charge in [0.15, 0.2) is 0 Å². The largest absolute Gasteiger partial charge is 0.417 e. The van der Waals surface area contributed by atoms with Gasteiger partial charge < -0.3 is 4.84 Å². The van der Waals surface area contributed by atoms with E-state index in [1.165, 1.54) is 16.6 Å². The predicted octanol–water partition coefficient (Wildman–Crippen LogP) is 3.29. The number of hydrogen-bond acceptors (Lipinski definition) is 1. The first kappa shape index (κ1) is 10.9. The molecule has 0 amide bonds. The summed E-state index contributed by atoms with van der Waals surface area (Å²) in [5, 5.41) is 1.21. The van der Waals surface area contributed by atoms with Gasteiger partial charge in [-0.2, -0.15) is 4.73 Å². The monoisotopic (exact) mass is 237 g/mol. The Morgan fingerprint density at radius 3 is 2.44 bits per heavy atom. The summed E-state index contributed by atoms with van der Waals surface area (Å²) in [7, 11) is 1.71. The molecule has 0 spiro atoms. The molecule has 1 heterocycles. The quantitative estimate of drug-likeness (QED) is 0.681. The van der Waals surface area contributed by atoms with Crippen molar-refractivity contribution in [2.75, 3.05) is 7.11 Å². The Bertz CT molecular complexity index is 655. The summed E-state index contributed by atoms with van der Waals surface area (Å²) in [5.41, 5.74) is 3.58. The summed E-state index contributed by atoms with van der Waals surface area (Å²) in [5.74, 6) is 0. The maximum atomic E-state index is 5.49. The van der Waals surface area contributed by atoms with E-state index in [1.54, 1.807) is 7.11 Å². The summed E-state index contributed by atoms with van der Waals surface area (Å²) in [4.78, 5) is 5.49. The van der Waals surface area contributed by atoms with Crippen LogP contribution in [0.3, 0.4) is 0 Å². The van der Waals surface area contributed by atoms with Gasteiger partial charge in [0.05, 0.1) is 11.2 Å². The van der Waals surface area contributed by atoms with Crippen LogP contribution >= 0.6 is 0 Å². The number of rotatable bonds is 3. The molecule has 3 aromatic rings. The Labute approximate surface area is 106 Å². The van der Waals surface area contributed by atoms with Crippen molar-refractivity contribution >= 4 is 10.9 Å². The smallest absolute Gasteiger partial charge is 0.104 e.